The SMILES string of the molecule is CC(C)(C)OC(=O)NCc1nc(-c2cc(F)c(F)cc2F)no1. The van der Waals surface area contributed by atoms with Crippen molar-refractivity contribution in [2.24, 2.45) is 0 Å². The average Bonchev–Trinajstić information content (AvgIpc) is 2.87. The number of hydrogen-bond donors (Lipinski definition) is 1. The number of halogens is 3. The van der Waals surface area contributed by atoms with Gasteiger partial charge in [0.25, 0.3) is 0 Å². The molecule has 1 aromatic carbocycles. The van der Waals surface area contributed by atoms with Crippen molar-refractivity contribution < 1.29 is 27.2 Å². The smallest absolute Gasteiger partial charge is 0.408 e. The van der Waals surface area contributed by atoms with E-state index in [1.165, 1.54) is 0 Å². The molecule has 0 saturated carbocycles. The maximum Gasteiger partial charge on any atom is 0.408 e. The van der Waals surface area contributed by atoms with Gasteiger partial charge in [0.05, 0.1) is 5.56 Å². The first kappa shape index (κ1) is 16.8. The second-order valence-corrected chi connectivity index (χ2v) is 5.61. The van der Waals surface area contributed by atoms with Gasteiger partial charge in [-0.15, -0.1) is 0 Å². The topological polar surface area (TPSA) is 77.2 Å². The Kier molecular flexibility index (Phi) is 4.57. The molecule has 1 heterocycles. The van der Waals surface area contributed by atoms with Crippen molar-refractivity contribution in [2.75, 3.05) is 0 Å². The first-order chi connectivity index (χ1) is 10.7. The van der Waals surface area contributed by atoms with E-state index in [1.54, 1.807) is 20.8 Å². The third-order valence-electron chi connectivity index (χ3n) is 2.50. The van der Waals surface area contributed by atoms with Gasteiger partial charge in [-0.05, 0) is 26.8 Å². The van der Waals surface area contributed by atoms with Gasteiger partial charge in [-0.1, -0.05) is 5.16 Å². The summed E-state index contributed by atoms with van der Waals surface area (Å²) >= 11 is 0. The lowest BCUT2D eigenvalue weighted by Gasteiger charge is -2.19. The van der Waals surface area contributed by atoms with Crippen molar-refractivity contribution in [2.45, 2.75) is 32.9 Å². The number of aromatic nitrogens is 2. The number of amides is 1. The van der Waals surface area contributed by atoms with Gasteiger partial charge in [-0.2, -0.15) is 4.98 Å². The van der Waals surface area contributed by atoms with E-state index in [1.807, 2.05) is 0 Å². The zero-order valence-electron chi connectivity index (χ0n) is 12.6. The van der Waals surface area contributed by atoms with Gasteiger partial charge in [0.15, 0.2) is 11.6 Å². The summed E-state index contributed by atoms with van der Waals surface area (Å²) in [5, 5.41) is 5.83. The number of nitrogens with zero attached hydrogens (tertiary/aromatic N) is 2. The van der Waals surface area contributed by atoms with Crippen molar-refractivity contribution in [3.63, 3.8) is 0 Å². The van der Waals surface area contributed by atoms with E-state index in [-0.39, 0.29) is 23.8 Å². The fourth-order valence-electron chi connectivity index (χ4n) is 1.59. The van der Waals surface area contributed by atoms with Crippen LogP contribution < -0.4 is 5.32 Å². The van der Waals surface area contributed by atoms with Crippen molar-refractivity contribution in [3.8, 4) is 11.4 Å². The number of alkyl carbamates (subject to hydrolysis) is 1. The number of carbonyl (C=O) groups is 1. The van der Waals surface area contributed by atoms with Crippen LogP contribution in [0.2, 0.25) is 0 Å². The molecule has 0 atom stereocenters. The van der Waals surface area contributed by atoms with Gasteiger partial charge in [0.1, 0.15) is 18.0 Å². The van der Waals surface area contributed by atoms with E-state index < -0.39 is 29.1 Å². The lowest BCUT2D eigenvalue weighted by molar-refractivity contribution is 0.0518. The van der Waals surface area contributed by atoms with E-state index in [0.717, 1.165) is 0 Å². The van der Waals surface area contributed by atoms with Gasteiger partial charge >= 0.3 is 6.09 Å². The van der Waals surface area contributed by atoms with Crippen LogP contribution in [0.15, 0.2) is 16.7 Å². The van der Waals surface area contributed by atoms with Gasteiger partial charge in [0.2, 0.25) is 11.7 Å². The number of carbonyl (C=O) groups excluding carboxylic acids is 1. The van der Waals surface area contributed by atoms with Crippen LogP contribution in [0, 0.1) is 17.5 Å². The molecular weight excluding hydrogens is 315 g/mol. The second-order valence-electron chi connectivity index (χ2n) is 5.61. The molecule has 0 unspecified atom stereocenters. The number of rotatable bonds is 3. The van der Waals surface area contributed by atoms with Crippen LogP contribution in [0.5, 0.6) is 0 Å². The monoisotopic (exact) mass is 329 g/mol. The van der Waals surface area contributed by atoms with E-state index in [4.69, 9.17) is 9.26 Å². The second kappa shape index (κ2) is 6.27. The number of ether oxygens (including phenoxy) is 1. The van der Waals surface area contributed by atoms with E-state index in [2.05, 4.69) is 15.5 Å². The molecule has 0 aliphatic rings. The summed E-state index contributed by atoms with van der Waals surface area (Å²) < 4.78 is 49.5. The van der Waals surface area contributed by atoms with Crippen LogP contribution in [-0.4, -0.2) is 21.8 Å². The lowest BCUT2D eigenvalue weighted by atomic mass is 10.2. The number of benzene rings is 1. The van der Waals surface area contributed by atoms with Crippen LogP contribution >= 0.6 is 0 Å². The Morgan fingerprint density at radius 2 is 1.87 bits per heavy atom. The zero-order valence-corrected chi connectivity index (χ0v) is 12.6. The van der Waals surface area contributed by atoms with Crippen LogP contribution in [0.4, 0.5) is 18.0 Å². The summed E-state index contributed by atoms with van der Waals surface area (Å²) in [4.78, 5) is 15.3. The fraction of sp³-hybridized carbons (Fsp3) is 0.357. The molecular formula is C14H14F3N3O3. The summed E-state index contributed by atoms with van der Waals surface area (Å²) in [6.07, 6.45) is -0.698. The molecule has 0 saturated heterocycles. The highest BCUT2D eigenvalue weighted by molar-refractivity contribution is 5.67. The lowest BCUT2D eigenvalue weighted by Crippen LogP contribution is -2.32. The highest BCUT2D eigenvalue weighted by Crippen LogP contribution is 2.22. The van der Waals surface area contributed by atoms with Crippen molar-refractivity contribution in [1.82, 2.24) is 15.5 Å². The molecule has 0 bridgehead atoms. The van der Waals surface area contributed by atoms with Crippen molar-refractivity contribution in [3.05, 3.63) is 35.5 Å². The molecule has 1 N–H and O–H groups in total. The average molecular weight is 329 g/mol. The fourth-order valence-corrected chi connectivity index (χ4v) is 1.59. The molecule has 2 aromatic rings. The molecule has 23 heavy (non-hydrogen) atoms. The first-order valence-electron chi connectivity index (χ1n) is 6.60. The standard InChI is InChI=1S/C14H14F3N3O3/c1-14(2,3)22-13(21)18-6-11-19-12(20-23-11)7-4-9(16)10(17)5-8(7)15/h4-5H,6H2,1-3H3,(H,18,21). The minimum atomic E-state index is -1.32. The van der Waals surface area contributed by atoms with Crippen LogP contribution in [0.25, 0.3) is 11.4 Å². The summed E-state index contributed by atoms with van der Waals surface area (Å²) in [5.41, 5.74) is -1.02. The van der Waals surface area contributed by atoms with Crippen LogP contribution in [-0.2, 0) is 11.3 Å². The molecule has 0 aliphatic heterocycles. The third kappa shape index (κ3) is 4.44. The van der Waals surface area contributed by atoms with Crippen molar-refractivity contribution >= 4 is 6.09 Å². The maximum absolute atomic E-state index is 13.6. The van der Waals surface area contributed by atoms with Gasteiger partial charge < -0.3 is 14.6 Å². The number of nitrogens with one attached hydrogen (secondary N) is 1. The van der Waals surface area contributed by atoms with Crippen molar-refractivity contribution in [1.29, 1.82) is 0 Å². The summed E-state index contributed by atoms with van der Waals surface area (Å²) in [6.45, 7) is 4.93. The Hall–Kier alpha value is -2.58. The number of hydrogen-bond acceptors (Lipinski definition) is 5. The van der Waals surface area contributed by atoms with Gasteiger partial charge in [-0.25, -0.2) is 18.0 Å². The largest absolute Gasteiger partial charge is 0.444 e. The van der Waals surface area contributed by atoms with Crippen LogP contribution in [0.3, 0.4) is 0 Å². The molecule has 1 aromatic heterocycles. The normalized spacial score (nSPS) is 11.4. The van der Waals surface area contributed by atoms with E-state index in [9.17, 15) is 18.0 Å². The Morgan fingerprint density at radius 3 is 2.52 bits per heavy atom. The molecule has 6 nitrogen and oxygen atoms in total. The molecule has 0 radical (unpaired) electrons. The molecule has 124 valence electrons. The van der Waals surface area contributed by atoms with E-state index >= 15 is 0 Å². The predicted molar refractivity (Wildman–Crippen MR) is 72.7 cm³/mol. The molecule has 0 aliphatic carbocycles. The predicted octanol–water partition coefficient (Wildman–Crippen LogP) is 3.18. The molecule has 9 heteroatoms. The maximum atomic E-state index is 13.6. The van der Waals surface area contributed by atoms with Gasteiger partial charge in [0, 0.05) is 6.07 Å². The molecule has 0 spiro atoms. The Balaban J connectivity index is 2.07. The Labute approximate surface area is 129 Å². The van der Waals surface area contributed by atoms with E-state index in [0.29, 0.717) is 12.1 Å². The van der Waals surface area contributed by atoms with Crippen LogP contribution in [0.1, 0.15) is 26.7 Å². The zero-order chi connectivity index (χ0) is 17.2. The minimum Gasteiger partial charge on any atom is -0.444 e. The Morgan fingerprint density at radius 1 is 1.22 bits per heavy atom. The molecule has 1 amide bonds. The first-order valence-corrected chi connectivity index (χ1v) is 6.60. The minimum absolute atomic E-state index is 0.0463. The quantitative estimate of drug-likeness (QED) is 0.875. The summed E-state index contributed by atoms with van der Waals surface area (Å²) in [5.74, 6) is -3.89. The van der Waals surface area contributed by atoms with Gasteiger partial charge in [-0.3, -0.25) is 0 Å². The molecule has 2 rings (SSSR count). The highest BCUT2D eigenvalue weighted by atomic mass is 19.2. The Bertz CT molecular complexity index is 726. The third-order valence-corrected chi connectivity index (χ3v) is 2.50. The summed E-state index contributed by atoms with van der Waals surface area (Å²) in [6, 6.07) is 1.01. The summed E-state index contributed by atoms with van der Waals surface area (Å²) in [7, 11) is 0. The highest BCUT2D eigenvalue weighted by Gasteiger charge is 2.19. The molecule has 0 fully saturated rings.